The Balaban J connectivity index is 1.65. The van der Waals surface area contributed by atoms with Crippen molar-refractivity contribution < 1.29 is 20.1 Å². The molecule has 0 radical (unpaired) electrons. The Morgan fingerprint density at radius 3 is 2.63 bits per heavy atom. The SMILES string of the molecule is O=C(Nc1ncnc2c1ccn2C1CC(CO)C(O)C1O)c1ccccc1. The highest BCUT2D eigenvalue weighted by Crippen LogP contribution is 2.37. The fourth-order valence-corrected chi connectivity index (χ4v) is 3.66. The maximum absolute atomic E-state index is 12.4. The number of aromatic nitrogens is 3. The maximum atomic E-state index is 12.4. The number of hydrogen-bond acceptors (Lipinski definition) is 6. The van der Waals surface area contributed by atoms with Gasteiger partial charge in [-0.3, -0.25) is 4.79 Å². The van der Waals surface area contributed by atoms with Crippen LogP contribution in [0.3, 0.4) is 0 Å². The van der Waals surface area contributed by atoms with Crippen molar-refractivity contribution >= 4 is 22.8 Å². The minimum absolute atomic E-state index is 0.193. The first-order chi connectivity index (χ1) is 13.1. The molecule has 0 bridgehead atoms. The first kappa shape index (κ1) is 17.6. The zero-order chi connectivity index (χ0) is 19.0. The number of hydrogen-bond donors (Lipinski definition) is 4. The van der Waals surface area contributed by atoms with E-state index in [1.54, 1.807) is 41.1 Å². The van der Waals surface area contributed by atoms with Gasteiger partial charge in [-0.15, -0.1) is 0 Å². The summed E-state index contributed by atoms with van der Waals surface area (Å²) in [6.45, 7) is -0.193. The van der Waals surface area contributed by atoms with E-state index in [4.69, 9.17) is 0 Å². The molecule has 1 aliphatic carbocycles. The predicted molar refractivity (Wildman–Crippen MR) is 98.2 cm³/mol. The number of amides is 1. The summed E-state index contributed by atoms with van der Waals surface area (Å²) < 4.78 is 1.76. The van der Waals surface area contributed by atoms with E-state index in [2.05, 4.69) is 15.3 Å². The molecule has 27 heavy (non-hydrogen) atoms. The van der Waals surface area contributed by atoms with Gasteiger partial charge in [0, 0.05) is 24.3 Å². The quantitative estimate of drug-likeness (QED) is 0.544. The van der Waals surface area contributed by atoms with Crippen LogP contribution in [0.2, 0.25) is 0 Å². The van der Waals surface area contributed by atoms with Gasteiger partial charge >= 0.3 is 0 Å². The van der Waals surface area contributed by atoms with Crippen molar-refractivity contribution in [3.8, 4) is 0 Å². The topological polar surface area (TPSA) is 121 Å². The Kier molecular flexibility index (Phi) is 4.61. The molecule has 3 aromatic rings. The number of nitrogens with one attached hydrogen (secondary N) is 1. The second-order valence-corrected chi connectivity index (χ2v) is 6.73. The van der Waals surface area contributed by atoms with E-state index < -0.39 is 18.2 Å². The van der Waals surface area contributed by atoms with Gasteiger partial charge in [0.15, 0.2) is 0 Å². The molecule has 1 fully saturated rings. The molecule has 4 rings (SSSR count). The van der Waals surface area contributed by atoms with Gasteiger partial charge in [0.1, 0.15) is 23.9 Å². The number of carbonyl (C=O) groups is 1. The highest BCUT2D eigenvalue weighted by atomic mass is 16.3. The Morgan fingerprint density at radius 2 is 1.93 bits per heavy atom. The van der Waals surface area contributed by atoms with E-state index in [1.165, 1.54) is 6.33 Å². The average Bonchev–Trinajstić information content (AvgIpc) is 3.25. The van der Waals surface area contributed by atoms with Crippen LogP contribution in [0, 0.1) is 5.92 Å². The zero-order valence-corrected chi connectivity index (χ0v) is 14.4. The molecule has 4 atom stereocenters. The zero-order valence-electron chi connectivity index (χ0n) is 14.4. The summed E-state index contributed by atoms with van der Waals surface area (Å²) in [7, 11) is 0. The van der Waals surface area contributed by atoms with Gasteiger partial charge in [-0.1, -0.05) is 18.2 Å². The number of benzene rings is 1. The van der Waals surface area contributed by atoms with Crippen LogP contribution in [-0.2, 0) is 0 Å². The Labute approximate surface area is 155 Å². The van der Waals surface area contributed by atoms with Gasteiger partial charge in [0.25, 0.3) is 5.91 Å². The van der Waals surface area contributed by atoms with Gasteiger partial charge in [0.05, 0.1) is 17.5 Å². The number of nitrogens with zero attached hydrogens (tertiary/aromatic N) is 3. The summed E-state index contributed by atoms with van der Waals surface area (Å²) in [6, 6.07) is 10.2. The molecule has 8 nitrogen and oxygen atoms in total. The second-order valence-electron chi connectivity index (χ2n) is 6.73. The molecule has 0 aliphatic heterocycles. The molecule has 1 aliphatic rings. The summed E-state index contributed by atoms with van der Waals surface area (Å²) in [4.78, 5) is 20.9. The molecule has 1 amide bonds. The highest BCUT2D eigenvalue weighted by Gasteiger charge is 2.42. The van der Waals surface area contributed by atoms with Crippen molar-refractivity contribution in [1.29, 1.82) is 0 Å². The third-order valence-electron chi connectivity index (χ3n) is 5.14. The van der Waals surface area contributed by atoms with Gasteiger partial charge in [0.2, 0.25) is 0 Å². The third kappa shape index (κ3) is 3.08. The molecular weight excluding hydrogens is 348 g/mol. The summed E-state index contributed by atoms with van der Waals surface area (Å²) in [6.07, 6.45) is 1.53. The molecular formula is C19H20N4O4. The van der Waals surface area contributed by atoms with Crippen molar-refractivity contribution in [3.05, 3.63) is 54.5 Å². The Morgan fingerprint density at radius 1 is 1.15 bits per heavy atom. The van der Waals surface area contributed by atoms with E-state index in [-0.39, 0.29) is 18.4 Å². The fraction of sp³-hybridized carbons (Fsp3) is 0.316. The molecule has 4 unspecified atom stereocenters. The molecule has 8 heteroatoms. The van der Waals surface area contributed by atoms with Crippen molar-refractivity contribution in [2.75, 3.05) is 11.9 Å². The van der Waals surface area contributed by atoms with E-state index in [0.717, 1.165) is 0 Å². The lowest BCUT2D eigenvalue weighted by molar-refractivity contribution is -0.00365. The molecule has 1 saturated carbocycles. The minimum Gasteiger partial charge on any atom is -0.396 e. The monoisotopic (exact) mass is 368 g/mol. The summed E-state index contributed by atoms with van der Waals surface area (Å²) in [5, 5.41) is 33.2. The van der Waals surface area contributed by atoms with E-state index >= 15 is 0 Å². The van der Waals surface area contributed by atoms with Gasteiger partial charge in [-0.2, -0.15) is 0 Å². The molecule has 0 spiro atoms. The number of fused-ring (bicyclic) bond motifs is 1. The van der Waals surface area contributed by atoms with Crippen LogP contribution in [0.1, 0.15) is 22.8 Å². The van der Waals surface area contributed by atoms with E-state index in [1.807, 2.05) is 6.07 Å². The van der Waals surface area contributed by atoms with Gasteiger partial charge in [-0.05, 0) is 24.6 Å². The normalized spacial score (nSPS) is 25.0. The Bertz CT molecular complexity index is 959. The summed E-state index contributed by atoms with van der Waals surface area (Å²) >= 11 is 0. The van der Waals surface area contributed by atoms with Crippen LogP contribution in [0.4, 0.5) is 5.82 Å². The number of aliphatic hydroxyl groups is 3. The van der Waals surface area contributed by atoms with Crippen molar-refractivity contribution in [1.82, 2.24) is 14.5 Å². The first-order valence-corrected chi connectivity index (χ1v) is 8.75. The number of aliphatic hydroxyl groups excluding tert-OH is 3. The van der Waals surface area contributed by atoms with E-state index in [9.17, 15) is 20.1 Å². The van der Waals surface area contributed by atoms with Gasteiger partial charge in [-0.25, -0.2) is 9.97 Å². The fourth-order valence-electron chi connectivity index (χ4n) is 3.66. The lowest BCUT2D eigenvalue weighted by Crippen LogP contribution is -2.30. The minimum atomic E-state index is -1.00. The third-order valence-corrected chi connectivity index (χ3v) is 5.14. The molecule has 140 valence electrons. The smallest absolute Gasteiger partial charge is 0.256 e. The first-order valence-electron chi connectivity index (χ1n) is 8.75. The van der Waals surface area contributed by atoms with Crippen LogP contribution in [0.15, 0.2) is 48.9 Å². The van der Waals surface area contributed by atoms with Crippen molar-refractivity contribution in [2.24, 2.45) is 5.92 Å². The lowest BCUT2D eigenvalue weighted by atomic mass is 10.1. The lowest BCUT2D eigenvalue weighted by Gasteiger charge is -2.19. The molecule has 1 aromatic carbocycles. The van der Waals surface area contributed by atoms with Crippen LogP contribution in [0.5, 0.6) is 0 Å². The van der Waals surface area contributed by atoms with Crippen molar-refractivity contribution in [3.63, 3.8) is 0 Å². The summed E-state index contributed by atoms with van der Waals surface area (Å²) in [5.74, 6) is -0.291. The Hall–Kier alpha value is -2.81. The molecule has 0 saturated heterocycles. The molecule has 2 aromatic heterocycles. The second kappa shape index (κ2) is 7.07. The molecule has 4 N–H and O–H groups in total. The van der Waals surface area contributed by atoms with E-state index in [0.29, 0.717) is 28.8 Å². The average molecular weight is 368 g/mol. The number of rotatable bonds is 4. The largest absolute Gasteiger partial charge is 0.396 e. The summed E-state index contributed by atoms with van der Waals surface area (Å²) in [5.41, 5.74) is 1.06. The van der Waals surface area contributed by atoms with Crippen LogP contribution < -0.4 is 5.32 Å². The van der Waals surface area contributed by atoms with Crippen LogP contribution in [-0.4, -0.2) is 54.6 Å². The standard InChI is InChI=1S/C19H20N4O4/c24-9-12-8-14(16(26)15(12)25)23-7-6-13-17(20-10-21-18(13)23)22-19(27)11-4-2-1-3-5-11/h1-7,10,12,14-16,24-26H,8-9H2,(H,20,21,22,27). The number of carbonyl (C=O) groups excluding carboxylic acids is 1. The highest BCUT2D eigenvalue weighted by molar-refractivity contribution is 6.07. The predicted octanol–water partition coefficient (Wildman–Crippen LogP) is 0.959. The maximum Gasteiger partial charge on any atom is 0.256 e. The van der Waals surface area contributed by atoms with Crippen molar-refractivity contribution in [2.45, 2.75) is 24.7 Å². The van der Waals surface area contributed by atoms with Crippen LogP contribution >= 0.6 is 0 Å². The van der Waals surface area contributed by atoms with Gasteiger partial charge < -0.3 is 25.2 Å². The number of anilines is 1. The molecule has 2 heterocycles. The van der Waals surface area contributed by atoms with Crippen LogP contribution in [0.25, 0.3) is 11.0 Å².